The number of benzene rings is 1. The maximum atomic E-state index is 13.4. The summed E-state index contributed by atoms with van der Waals surface area (Å²) in [4.78, 5) is 45.0. The monoisotopic (exact) mass is 533 g/mol. The average Bonchev–Trinajstić information content (AvgIpc) is 3.41. The Hall–Kier alpha value is -3.05. The van der Waals surface area contributed by atoms with Gasteiger partial charge < -0.3 is 19.4 Å². The summed E-state index contributed by atoms with van der Waals surface area (Å²) in [5.74, 6) is -3.50. The van der Waals surface area contributed by atoms with Gasteiger partial charge in [-0.05, 0) is 24.3 Å². The van der Waals surface area contributed by atoms with E-state index in [0.29, 0.717) is 32.7 Å². The summed E-state index contributed by atoms with van der Waals surface area (Å²) in [5, 5.41) is 2.71. The van der Waals surface area contributed by atoms with Gasteiger partial charge in [0.15, 0.2) is 9.84 Å². The van der Waals surface area contributed by atoms with Gasteiger partial charge in [-0.25, -0.2) is 13.4 Å². The van der Waals surface area contributed by atoms with E-state index in [-0.39, 0.29) is 36.3 Å². The fraction of sp³-hybridized carbons (Fsp3) is 0.538. The Morgan fingerprint density at radius 3 is 2.41 bits per heavy atom. The van der Waals surface area contributed by atoms with Gasteiger partial charge in [-0.1, -0.05) is 44.2 Å². The molecule has 202 valence electrons. The van der Waals surface area contributed by atoms with Crippen molar-refractivity contribution in [2.45, 2.75) is 39.2 Å². The maximum Gasteiger partial charge on any atom is 0.265 e. The quantitative estimate of drug-likeness (QED) is 0.386. The third-order valence-corrected chi connectivity index (χ3v) is 8.12. The molecular formula is C26H35N3O7S. The molecule has 37 heavy (non-hydrogen) atoms. The zero-order valence-corrected chi connectivity index (χ0v) is 22.1. The van der Waals surface area contributed by atoms with E-state index in [9.17, 15) is 22.8 Å². The van der Waals surface area contributed by atoms with Crippen molar-refractivity contribution in [3.05, 3.63) is 54.2 Å². The number of aryl methyl sites for hydroxylation is 1. The number of carbonyl (C=O) groups is 3. The fourth-order valence-corrected chi connectivity index (χ4v) is 6.30. The highest BCUT2D eigenvalue weighted by Crippen LogP contribution is 2.16. The summed E-state index contributed by atoms with van der Waals surface area (Å²) in [5.41, 5.74) is 0.973. The molecule has 1 saturated heterocycles. The molecule has 11 heteroatoms. The Morgan fingerprint density at radius 2 is 1.78 bits per heavy atom. The lowest BCUT2D eigenvalue weighted by Gasteiger charge is -2.29. The number of morpholine rings is 1. The van der Waals surface area contributed by atoms with Gasteiger partial charge in [-0.15, -0.1) is 0 Å². The lowest BCUT2D eigenvalue weighted by Crippen LogP contribution is -2.48. The molecule has 1 N–H and O–H groups in total. The van der Waals surface area contributed by atoms with Gasteiger partial charge in [-0.2, -0.15) is 0 Å². The predicted molar refractivity (Wildman–Crippen MR) is 137 cm³/mol. The molecule has 0 aliphatic carbocycles. The normalized spacial score (nSPS) is 15.8. The molecule has 2 heterocycles. The molecule has 1 aliphatic heterocycles. The second-order valence-electron chi connectivity index (χ2n) is 9.65. The summed E-state index contributed by atoms with van der Waals surface area (Å²) in [6.45, 7) is 5.10. The van der Waals surface area contributed by atoms with Crippen LogP contribution in [0, 0.1) is 11.8 Å². The minimum Gasteiger partial charge on any atom is -0.442 e. The van der Waals surface area contributed by atoms with Crippen molar-refractivity contribution in [1.29, 1.82) is 0 Å². The SMILES string of the molecule is CC(C)CS(=O)(=O)CC(CC(=O)N1CCOCC1)C(=O)N[C@@H](CCc1ccccc1)C(=O)c1ncco1. The minimum absolute atomic E-state index is 0.102. The summed E-state index contributed by atoms with van der Waals surface area (Å²) < 4.78 is 36.1. The summed E-state index contributed by atoms with van der Waals surface area (Å²) in [6, 6.07) is 8.47. The second kappa shape index (κ2) is 13.5. The van der Waals surface area contributed by atoms with Crippen molar-refractivity contribution in [3.8, 4) is 0 Å². The molecule has 2 aromatic rings. The van der Waals surface area contributed by atoms with E-state index in [1.54, 1.807) is 18.7 Å². The van der Waals surface area contributed by atoms with E-state index in [0.717, 1.165) is 5.56 Å². The summed E-state index contributed by atoms with van der Waals surface area (Å²) >= 11 is 0. The number of sulfone groups is 1. The van der Waals surface area contributed by atoms with Crippen LogP contribution in [0.15, 0.2) is 47.2 Å². The molecule has 1 aromatic carbocycles. The number of Topliss-reactive ketones (excluding diaryl/α,β-unsaturated/α-hetero) is 1. The minimum atomic E-state index is -3.63. The third-order valence-electron chi connectivity index (χ3n) is 6.04. The number of ether oxygens (including phenoxy) is 1. The molecule has 1 aromatic heterocycles. The maximum absolute atomic E-state index is 13.4. The van der Waals surface area contributed by atoms with Crippen LogP contribution in [0.1, 0.15) is 42.9 Å². The van der Waals surface area contributed by atoms with E-state index in [1.165, 1.54) is 12.5 Å². The lowest BCUT2D eigenvalue weighted by atomic mass is 9.99. The number of aromatic nitrogens is 1. The van der Waals surface area contributed by atoms with Crippen molar-refractivity contribution in [2.75, 3.05) is 37.8 Å². The van der Waals surface area contributed by atoms with Gasteiger partial charge in [0.05, 0.1) is 42.9 Å². The van der Waals surface area contributed by atoms with Crippen molar-refractivity contribution < 1.29 is 32.0 Å². The molecule has 1 fully saturated rings. The van der Waals surface area contributed by atoms with E-state index < -0.39 is 39.2 Å². The van der Waals surface area contributed by atoms with Gasteiger partial charge in [0.1, 0.15) is 6.26 Å². The fourth-order valence-electron chi connectivity index (χ4n) is 4.27. The number of hydrogen-bond donors (Lipinski definition) is 1. The molecule has 0 bridgehead atoms. The Balaban J connectivity index is 1.79. The van der Waals surface area contributed by atoms with Crippen molar-refractivity contribution >= 4 is 27.4 Å². The molecule has 2 atom stereocenters. The lowest BCUT2D eigenvalue weighted by molar-refractivity contribution is -0.139. The Kier molecular flexibility index (Phi) is 10.4. The van der Waals surface area contributed by atoms with E-state index in [4.69, 9.17) is 9.15 Å². The molecule has 10 nitrogen and oxygen atoms in total. The number of ketones is 1. The summed E-state index contributed by atoms with van der Waals surface area (Å²) in [6.07, 6.45) is 3.07. The van der Waals surface area contributed by atoms with Crippen LogP contribution in [-0.2, 0) is 30.6 Å². The molecule has 1 aliphatic rings. The van der Waals surface area contributed by atoms with Gasteiger partial charge >= 0.3 is 0 Å². The van der Waals surface area contributed by atoms with Crippen LogP contribution in [0.25, 0.3) is 0 Å². The van der Waals surface area contributed by atoms with Crippen LogP contribution in [-0.4, -0.2) is 79.8 Å². The number of nitrogens with zero attached hydrogens (tertiary/aromatic N) is 2. The Labute approximate surface area is 217 Å². The number of rotatable bonds is 13. The average molecular weight is 534 g/mol. The molecule has 0 radical (unpaired) electrons. The van der Waals surface area contributed by atoms with Crippen LogP contribution < -0.4 is 5.32 Å². The van der Waals surface area contributed by atoms with Gasteiger partial charge in [-0.3, -0.25) is 14.4 Å². The van der Waals surface area contributed by atoms with Crippen molar-refractivity contribution in [3.63, 3.8) is 0 Å². The number of hydrogen-bond acceptors (Lipinski definition) is 8. The Morgan fingerprint density at radius 1 is 1.08 bits per heavy atom. The van der Waals surface area contributed by atoms with Crippen LogP contribution in [0.5, 0.6) is 0 Å². The Bertz CT molecular complexity index is 1130. The van der Waals surface area contributed by atoms with Crippen LogP contribution >= 0.6 is 0 Å². The molecule has 0 saturated carbocycles. The predicted octanol–water partition coefficient (Wildman–Crippen LogP) is 1.91. The number of oxazole rings is 1. The number of amides is 2. The largest absolute Gasteiger partial charge is 0.442 e. The standard InChI is InChI=1S/C26H35N3O7S/c1-19(2)17-37(33,34)18-21(16-23(30)29-11-14-35-15-12-29)25(32)28-22(24(31)26-27-10-13-36-26)9-8-20-6-4-3-5-7-20/h3-7,10,13,19,21-22H,8-9,11-12,14-18H2,1-2H3,(H,28,32)/t21?,22-/m0/s1. The zero-order valence-electron chi connectivity index (χ0n) is 21.3. The topological polar surface area (TPSA) is 136 Å². The first kappa shape index (κ1) is 28.5. The molecule has 1 unspecified atom stereocenters. The number of nitrogens with one attached hydrogen (secondary N) is 1. The molecule has 3 rings (SSSR count). The van der Waals surface area contributed by atoms with Crippen LogP contribution in [0.2, 0.25) is 0 Å². The van der Waals surface area contributed by atoms with Crippen molar-refractivity contribution in [1.82, 2.24) is 15.2 Å². The highest BCUT2D eigenvalue weighted by molar-refractivity contribution is 7.91. The number of carbonyl (C=O) groups excluding carboxylic acids is 3. The van der Waals surface area contributed by atoms with Crippen LogP contribution in [0.4, 0.5) is 0 Å². The highest BCUT2D eigenvalue weighted by atomic mass is 32.2. The molecule has 0 spiro atoms. The first-order chi connectivity index (χ1) is 17.6. The summed E-state index contributed by atoms with van der Waals surface area (Å²) in [7, 11) is -3.63. The second-order valence-corrected chi connectivity index (χ2v) is 11.8. The van der Waals surface area contributed by atoms with E-state index in [2.05, 4.69) is 10.3 Å². The zero-order chi connectivity index (χ0) is 26.8. The molecular weight excluding hydrogens is 498 g/mol. The van der Waals surface area contributed by atoms with Crippen LogP contribution in [0.3, 0.4) is 0 Å². The van der Waals surface area contributed by atoms with Gasteiger partial charge in [0.2, 0.25) is 17.6 Å². The molecule has 2 amide bonds. The first-order valence-corrected chi connectivity index (χ1v) is 14.3. The van der Waals surface area contributed by atoms with Gasteiger partial charge in [0.25, 0.3) is 5.89 Å². The first-order valence-electron chi connectivity index (χ1n) is 12.5. The highest BCUT2D eigenvalue weighted by Gasteiger charge is 2.33. The van der Waals surface area contributed by atoms with E-state index in [1.807, 2.05) is 30.3 Å². The smallest absolute Gasteiger partial charge is 0.265 e. The van der Waals surface area contributed by atoms with E-state index >= 15 is 0 Å². The van der Waals surface area contributed by atoms with Gasteiger partial charge in [0, 0.05) is 19.5 Å². The van der Waals surface area contributed by atoms with Crippen molar-refractivity contribution in [2.24, 2.45) is 11.8 Å². The third kappa shape index (κ3) is 9.08.